The first kappa shape index (κ1) is 10.4. The Hall–Kier alpha value is -1.12. The van der Waals surface area contributed by atoms with Crippen LogP contribution in [0.1, 0.15) is 45.0 Å². The first-order valence-electron chi connectivity index (χ1n) is 5.52. The van der Waals surface area contributed by atoms with Crippen molar-refractivity contribution in [2.75, 3.05) is 0 Å². The van der Waals surface area contributed by atoms with Crippen LogP contribution in [0.25, 0.3) is 0 Å². The van der Waals surface area contributed by atoms with Crippen LogP contribution in [0.15, 0.2) is 12.4 Å². The fourth-order valence-corrected chi connectivity index (χ4v) is 2.41. The van der Waals surface area contributed by atoms with E-state index in [0.717, 1.165) is 18.7 Å². The van der Waals surface area contributed by atoms with E-state index in [1.807, 2.05) is 19.3 Å². The molecule has 0 spiro atoms. The lowest BCUT2D eigenvalue weighted by Gasteiger charge is -2.39. The third-order valence-corrected chi connectivity index (χ3v) is 3.57. The topological polar surface area (TPSA) is 34.9 Å². The van der Waals surface area contributed by atoms with E-state index >= 15 is 0 Å². The largest absolute Gasteiger partial charge is 0.331 e. The van der Waals surface area contributed by atoms with Gasteiger partial charge in [0.15, 0.2) is 0 Å². The standard InChI is InChI=1S/C12H18N2O/c1-9-13-6-7-14(9)11-8-10(15)4-5-12(11,2)3/h6-7,11H,4-5,8H2,1-3H3. The number of hydrogen-bond acceptors (Lipinski definition) is 2. The van der Waals surface area contributed by atoms with Gasteiger partial charge in [-0.05, 0) is 18.8 Å². The van der Waals surface area contributed by atoms with Crippen molar-refractivity contribution in [3.05, 3.63) is 18.2 Å². The van der Waals surface area contributed by atoms with Gasteiger partial charge in [0.1, 0.15) is 11.6 Å². The summed E-state index contributed by atoms with van der Waals surface area (Å²) in [6.45, 7) is 6.47. The number of carbonyl (C=O) groups is 1. The van der Waals surface area contributed by atoms with Crippen LogP contribution in [-0.2, 0) is 4.79 Å². The molecule has 0 aromatic carbocycles. The maximum atomic E-state index is 11.5. The summed E-state index contributed by atoms with van der Waals surface area (Å²) in [7, 11) is 0. The number of aryl methyl sites for hydroxylation is 1. The molecule has 3 nitrogen and oxygen atoms in total. The molecule has 0 aliphatic heterocycles. The summed E-state index contributed by atoms with van der Waals surface area (Å²) in [5, 5.41) is 0. The van der Waals surface area contributed by atoms with Crippen molar-refractivity contribution in [2.24, 2.45) is 5.41 Å². The first-order valence-corrected chi connectivity index (χ1v) is 5.52. The van der Waals surface area contributed by atoms with Gasteiger partial charge in [0.05, 0.1) is 0 Å². The fraction of sp³-hybridized carbons (Fsp3) is 0.667. The van der Waals surface area contributed by atoms with Crippen LogP contribution < -0.4 is 0 Å². The molecule has 1 saturated carbocycles. The Morgan fingerprint density at radius 2 is 2.27 bits per heavy atom. The summed E-state index contributed by atoms with van der Waals surface area (Å²) >= 11 is 0. The van der Waals surface area contributed by atoms with Crippen molar-refractivity contribution in [1.29, 1.82) is 0 Å². The summed E-state index contributed by atoms with van der Waals surface area (Å²) in [6, 6.07) is 0.279. The molecule has 2 rings (SSSR count). The summed E-state index contributed by atoms with van der Waals surface area (Å²) in [5.41, 5.74) is 0.194. The second-order valence-corrected chi connectivity index (χ2v) is 5.13. The highest BCUT2D eigenvalue weighted by Gasteiger charge is 2.37. The molecule has 0 amide bonds. The second kappa shape index (κ2) is 3.47. The fourth-order valence-electron chi connectivity index (χ4n) is 2.41. The Kier molecular flexibility index (Phi) is 2.41. The van der Waals surface area contributed by atoms with Gasteiger partial charge in [0, 0.05) is 31.3 Å². The molecule has 1 fully saturated rings. The minimum absolute atomic E-state index is 0.194. The molecule has 1 unspecified atom stereocenters. The number of rotatable bonds is 1. The monoisotopic (exact) mass is 206 g/mol. The lowest BCUT2D eigenvalue weighted by molar-refractivity contribution is -0.123. The van der Waals surface area contributed by atoms with Gasteiger partial charge in [-0.2, -0.15) is 0 Å². The van der Waals surface area contributed by atoms with E-state index in [2.05, 4.69) is 23.4 Å². The second-order valence-electron chi connectivity index (χ2n) is 5.13. The van der Waals surface area contributed by atoms with Gasteiger partial charge >= 0.3 is 0 Å². The van der Waals surface area contributed by atoms with E-state index in [0.29, 0.717) is 12.2 Å². The van der Waals surface area contributed by atoms with E-state index in [9.17, 15) is 4.79 Å². The number of hydrogen-bond donors (Lipinski definition) is 0. The first-order chi connectivity index (χ1) is 7.00. The van der Waals surface area contributed by atoms with E-state index in [4.69, 9.17) is 0 Å². The normalized spacial score (nSPS) is 25.5. The summed E-state index contributed by atoms with van der Waals surface area (Å²) in [6.07, 6.45) is 6.17. The molecule has 0 N–H and O–H groups in total. The van der Waals surface area contributed by atoms with Gasteiger partial charge in [0.25, 0.3) is 0 Å². The van der Waals surface area contributed by atoms with E-state index < -0.39 is 0 Å². The van der Waals surface area contributed by atoms with Crippen molar-refractivity contribution < 1.29 is 4.79 Å². The number of ketones is 1. The van der Waals surface area contributed by atoms with Crippen molar-refractivity contribution in [3.8, 4) is 0 Å². The quantitative estimate of drug-likeness (QED) is 0.707. The zero-order chi connectivity index (χ0) is 11.1. The molecule has 15 heavy (non-hydrogen) atoms. The Morgan fingerprint density at radius 3 is 2.87 bits per heavy atom. The van der Waals surface area contributed by atoms with Crippen LogP contribution in [0, 0.1) is 12.3 Å². The van der Waals surface area contributed by atoms with Crippen molar-refractivity contribution >= 4 is 5.78 Å². The Bertz CT molecular complexity index is 379. The van der Waals surface area contributed by atoms with Gasteiger partial charge in [-0.1, -0.05) is 13.8 Å². The molecule has 1 aliphatic carbocycles. The molecular formula is C12H18N2O. The summed E-state index contributed by atoms with van der Waals surface area (Å²) < 4.78 is 2.15. The lowest BCUT2D eigenvalue weighted by atomic mass is 9.72. The smallest absolute Gasteiger partial charge is 0.135 e. The molecule has 1 aromatic rings. The third kappa shape index (κ3) is 1.83. The predicted octanol–water partition coefficient (Wildman–Crippen LogP) is 2.51. The van der Waals surface area contributed by atoms with Crippen LogP contribution >= 0.6 is 0 Å². The lowest BCUT2D eigenvalue weighted by Crippen LogP contribution is -2.34. The number of carbonyl (C=O) groups excluding carboxylic acids is 1. The predicted molar refractivity (Wildman–Crippen MR) is 58.6 cm³/mol. The van der Waals surface area contributed by atoms with Crippen LogP contribution in [0.2, 0.25) is 0 Å². The number of imidazole rings is 1. The highest BCUT2D eigenvalue weighted by atomic mass is 16.1. The van der Waals surface area contributed by atoms with E-state index in [-0.39, 0.29) is 11.5 Å². The van der Waals surface area contributed by atoms with Crippen molar-refractivity contribution in [3.63, 3.8) is 0 Å². The molecule has 1 aromatic heterocycles. The molecule has 1 heterocycles. The third-order valence-electron chi connectivity index (χ3n) is 3.57. The van der Waals surface area contributed by atoms with E-state index in [1.165, 1.54) is 0 Å². The molecule has 82 valence electrons. The van der Waals surface area contributed by atoms with Crippen LogP contribution in [-0.4, -0.2) is 15.3 Å². The molecule has 0 radical (unpaired) electrons. The average Bonchev–Trinajstić information content (AvgIpc) is 2.56. The molecule has 1 atom stereocenters. The molecule has 0 bridgehead atoms. The highest BCUT2D eigenvalue weighted by molar-refractivity contribution is 5.79. The Labute approximate surface area is 90.5 Å². The van der Waals surface area contributed by atoms with Crippen LogP contribution in [0.3, 0.4) is 0 Å². The van der Waals surface area contributed by atoms with E-state index in [1.54, 1.807) is 0 Å². The average molecular weight is 206 g/mol. The van der Waals surface area contributed by atoms with Gasteiger partial charge in [-0.15, -0.1) is 0 Å². The van der Waals surface area contributed by atoms with Crippen LogP contribution in [0.5, 0.6) is 0 Å². The maximum Gasteiger partial charge on any atom is 0.135 e. The number of nitrogens with zero attached hydrogens (tertiary/aromatic N) is 2. The molecule has 1 aliphatic rings. The number of aromatic nitrogens is 2. The minimum atomic E-state index is 0.194. The SMILES string of the molecule is Cc1nccn1C1CC(=O)CCC1(C)C. The van der Waals surface area contributed by atoms with Gasteiger partial charge in [0.2, 0.25) is 0 Å². The maximum absolute atomic E-state index is 11.5. The van der Waals surface area contributed by atoms with Gasteiger partial charge in [-0.25, -0.2) is 4.98 Å². The molecule has 0 saturated heterocycles. The Morgan fingerprint density at radius 1 is 1.53 bits per heavy atom. The zero-order valence-corrected chi connectivity index (χ0v) is 9.66. The molecular weight excluding hydrogens is 188 g/mol. The summed E-state index contributed by atoms with van der Waals surface area (Å²) in [4.78, 5) is 15.8. The van der Waals surface area contributed by atoms with Crippen molar-refractivity contribution in [2.45, 2.75) is 46.1 Å². The Balaban J connectivity index is 2.33. The van der Waals surface area contributed by atoms with Gasteiger partial charge < -0.3 is 4.57 Å². The van der Waals surface area contributed by atoms with Crippen LogP contribution in [0.4, 0.5) is 0 Å². The highest BCUT2D eigenvalue weighted by Crippen LogP contribution is 2.42. The summed E-state index contributed by atoms with van der Waals surface area (Å²) in [5.74, 6) is 1.38. The minimum Gasteiger partial charge on any atom is -0.331 e. The van der Waals surface area contributed by atoms with Crippen molar-refractivity contribution in [1.82, 2.24) is 9.55 Å². The number of Topliss-reactive ketones (excluding diaryl/α,β-unsaturated/α-hetero) is 1. The zero-order valence-electron chi connectivity index (χ0n) is 9.66. The van der Waals surface area contributed by atoms with Gasteiger partial charge in [-0.3, -0.25) is 4.79 Å². The molecule has 3 heteroatoms.